The van der Waals surface area contributed by atoms with Gasteiger partial charge in [-0.2, -0.15) is 0 Å². The zero-order valence-corrected chi connectivity index (χ0v) is 8.83. The van der Waals surface area contributed by atoms with Gasteiger partial charge >= 0.3 is 5.97 Å². The molecule has 0 saturated carbocycles. The molecule has 1 heterocycles. The van der Waals surface area contributed by atoms with Gasteiger partial charge in [-0.1, -0.05) is 13.0 Å². The number of esters is 1. The molecule has 3 heteroatoms. The molecule has 78 valence electrons. The second-order valence-corrected chi connectivity index (χ2v) is 3.45. The average molecular weight is 203 g/mol. The summed E-state index contributed by atoms with van der Waals surface area (Å²) in [4.78, 5) is 14.3. The first kappa shape index (κ1) is 9.77. The molecule has 0 aliphatic heterocycles. The molecule has 0 aliphatic rings. The standard InChI is InChI=1S/C12H13NO2/c1-3-8-4-5-10-9(6-8)7-11(13-10)12(14)15-2/h4-7,13H,3H2,1-2H3. The highest BCUT2D eigenvalue weighted by atomic mass is 16.5. The molecule has 3 nitrogen and oxygen atoms in total. The Morgan fingerprint density at radius 3 is 2.87 bits per heavy atom. The van der Waals surface area contributed by atoms with Gasteiger partial charge in [0.1, 0.15) is 5.69 Å². The lowest BCUT2D eigenvalue weighted by Gasteiger charge is -1.94. The van der Waals surface area contributed by atoms with Gasteiger partial charge in [0.05, 0.1) is 7.11 Å². The lowest BCUT2D eigenvalue weighted by atomic mass is 10.1. The maximum Gasteiger partial charge on any atom is 0.354 e. The molecule has 1 N–H and O–H groups in total. The first-order valence-electron chi connectivity index (χ1n) is 4.94. The maximum atomic E-state index is 11.3. The van der Waals surface area contributed by atoms with Gasteiger partial charge in [-0.3, -0.25) is 0 Å². The zero-order valence-electron chi connectivity index (χ0n) is 8.83. The van der Waals surface area contributed by atoms with Crippen LogP contribution in [0.2, 0.25) is 0 Å². The molecule has 0 unspecified atom stereocenters. The number of hydrogen-bond acceptors (Lipinski definition) is 2. The van der Waals surface area contributed by atoms with Crippen molar-refractivity contribution in [2.75, 3.05) is 7.11 Å². The normalized spacial score (nSPS) is 10.5. The number of H-pyrrole nitrogens is 1. The largest absolute Gasteiger partial charge is 0.464 e. The number of carbonyl (C=O) groups is 1. The van der Waals surface area contributed by atoms with Crippen LogP contribution >= 0.6 is 0 Å². The summed E-state index contributed by atoms with van der Waals surface area (Å²) in [5, 5.41) is 1.05. The lowest BCUT2D eigenvalue weighted by Crippen LogP contribution is -2.00. The van der Waals surface area contributed by atoms with Gasteiger partial charge in [-0.05, 0) is 30.2 Å². The number of benzene rings is 1. The predicted octanol–water partition coefficient (Wildman–Crippen LogP) is 2.52. The molecule has 0 radical (unpaired) electrons. The molecule has 0 spiro atoms. The third-order valence-corrected chi connectivity index (χ3v) is 2.50. The van der Waals surface area contributed by atoms with Gasteiger partial charge < -0.3 is 9.72 Å². The van der Waals surface area contributed by atoms with Crippen LogP contribution in [0.3, 0.4) is 0 Å². The van der Waals surface area contributed by atoms with E-state index < -0.39 is 0 Å². The summed E-state index contributed by atoms with van der Waals surface area (Å²) in [6, 6.07) is 7.94. The molecule has 0 amide bonds. The van der Waals surface area contributed by atoms with Gasteiger partial charge in [0.25, 0.3) is 0 Å². The van der Waals surface area contributed by atoms with Crippen LogP contribution < -0.4 is 0 Å². The van der Waals surface area contributed by atoms with Crippen molar-refractivity contribution in [3.8, 4) is 0 Å². The van der Waals surface area contributed by atoms with Crippen molar-refractivity contribution in [1.29, 1.82) is 0 Å². The van der Waals surface area contributed by atoms with Gasteiger partial charge in [0, 0.05) is 10.9 Å². The molecule has 0 saturated heterocycles. The minimum absolute atomic E-state index is 0.329. The van der Waals surface area contributed by atoms with Crippen molar-refractivity contribution in [3.63, 3.8) is 0 Å². The summed E-state index contributed by atoms with van der Waals surface area (Å²) in [5.41, 5.74) is 2.73. The third kappa shape index (κ3) is 1.73. The number of carbonyl (C=O) groups excluding carboxylic acids is 1. The molecule has 0 atom stereocenters. The van der Waals surface area contributed by atoms with Crippen LogP contribution in [0.25, 0.3) is 10.9 Å². The van der Waals surface area contributed by atoms with Crippen molar-refractivity contribution in [2.45, 2.75) is 13.3 Å². The van der Waals surface area contributed by atoms with E-state index in [0.29, 0.717) is 5.69 Å². The average Bonchev–Trinajstić information content (AvgIpc) is 2.70. The summed E-state index contributed by atoms with van der Waals surface area (Å²) < 4.78 is 4.65. The smallest absolute Gasteiger partial charge is 0.354 e. The number of ether oxygens (including phenoxy) is 1. The van der Waals surface area contributed by atoms with Gasteiger partial charge in [0.15, 0.2) is 0 Å². The third-order valence-electron chi connectivity index (χ3n) is 2.50. The lowest BCUT2D eigenvalue weighted by molar-refractivity contribution is 0.0595. The summed E-state index contributed by atoms with van der Waals surface area (Å²) in [6.07, 6.45) is 0.995. The first-order chi connectivity index (χ1) is 7.24. The quantitative estimate of drug-likeness (QED) is 0.762. The summed E-state index contributed by atoms with van der Waals surface area (Å²) in [6.45, 7) is 2.11. The fourth-order valence-corrected chi connectivity index (χ4v) is 1.62. The van der Waals surface area contributed by atoms with Crippen LogP contribution in [0.5, 0.6) is 0 Å². The van der Waals surface area contributed by atoms with E-state index in [-0.39, 0.29) is 5.97 Å². The SMILES string of the molecule is CCc1ccc2[nH]c(C(=O)OC)cc2c1. The minimum atomic E-state index is -0.329. The number of methoxy groups -OCH3 is 1. The van der Waals surface area contributed by atoms with Gasteiger partial charge in [-0.15, -0.1) is 0 Å². The van der Waals surface area contributed by atoms with Crippen molar-refractivity contribution in [2.24, 2.45) is 0 Å². The van der Waals surface area contributed by atoms with E-state index in [9.17, 15) is 4.79 Å². The highest BCUT2D eigenvalue weighted by molar-refractivity contribution is 5.94. The van der Waals surface area contributed by atoms with Crippen LogP contribution in [-0.2, 0) is 11.2 Å². The molecule has 2 aromatic rings. The Morgan fingerprint density at radius 1 is 1.40 bits per heavy atom. The molecule has 1 aromatic heterocycles. The fraction of sp³-hybridized carbons (Fsp3) is 0.250. The molecule has 2 rings (SSSR count). The van der Waals surface area contributed by atoms with Crippen molar-refractivity contribution in [3.05, 3.63) is 35.5 Å². The first-order valence-corrected chi connectivity index (χ1v) is 4.94. The Labute approximate surface area is 88.1 Å². The van der Waals surface area contributed by atoms with E-state index in [1.807, 2.05) is 12.1 Å². The Morgan fingerprint density at radius 2 is 2.20 bits per heavy atom. The number of hydrogen-bond donors (Lipinski definition) is 1. The molecule has 0 bridgehead atoms. The number of aryl methyl sites for hydroxylation is 1. The summed E-state index contributed by atoms with van der Waals surface area (Å²) in [5.74, 6) is -0.329. The second kappa shape index (κ2) is 3.77. The Kier molecular flexibility index (Phi) is 2.46. The number of fused-ring (bicyclic) bond motifs is 1. The van der Waals surface area contributed by atoms with E-state index in [1.165, 1.54) is 12.7 Å². The van der Waals surface area contributed by atoms with Crippen LogP contribution in [0.4, 0.5) is 0 Å². The molecule has 15 heavy (non-hydrogen) atoms. The summed E-state index contributed by atoms with van der Waals surface area (Å²) >= 11 is 0. The topological polar surface area (TPSA) is 42.1 Å². The van der Waals surface area contributed by atoms with E-state index in [4.69, 9.17) is 0 Å². The number of rotatable bonds is 2. The highest BCUT2D eigenvalue weighted by Crippen LogP contribution is 2.18. The molecular formula is C12H13NO2. The van der Waals surface area contributed by atoms with E-state index in [1.54, 1.807) is 0 Å². The van der Waals surface area contributed by atoms with Crippen molar-refractivity contribution in [1.82, 2.24) is 4.98 Å². The van der Waals surface area contributed by atoms with Crippen LogP contribution in [0.1, 0.15) is 23.0 Å². The van der Waals surface area contributed by atoms with Gasteiger partial charge in [0.2, 0.25) is 0 Å². The predicted molar refractivity (Wildman–Crippen MR) is 59.0 cm³/mol. The van der Waals surface area contributed by atoms with E-state index >= 15 is 0 Å². The second-order valence-electron chi connectivity index (χ2n) is 3.45. The Balaban J connectivity index is 2.51. The monoisotopic (exact) mass is 203 g/mol. The molecule has 0 aliphatic carbocycles. The van der Waals surface area contributed by atoms with Gasteiger partial charge in [-0.25, -0.2) is 4.79 Å². The Bertz CT molecular complexity index is 499. The van der Waals surface area contributed by atoms with Crippen LogP contribution in [0.15, 0.2) is 24.3 Å². The summed E-state index contributed by atoms with van der Waals surface area (Å²) in [7, 11) is 1.38. The Hall–Kier alpha value is -1.77. The molecular weight excluding hydrogens is 190 g/mol. The van der Waals surface area contributed by atoms with Crippen LogP contribution in [-0.4, -0.2) is 18.1 Å². The van der Waals surface area contributed by atoms with E-state index in [0.717, 1.165) is 17.3 Å². The van der Waals surface area contributed by atoms with Crippen LogP contribution in [0, 0.1) is 0 Å². The van der Waals surface area contributed by atoms with Crippen molar-refractivity contribution >= 4 is 16.9 Å². The molecule has 1 aromatic carbocycles. The van der Waals surface area contributed by atoms with Crippen molar-refractivity contribution < 1.29 is 9.53 Å². The van der Waals surface area contributed by atoms with E-state index in [2.05, 4.69) is 28.8 Å². The number of nitrogens with one attached hydrogen (secondary N) is 1. The highest BCUT2D eigenvalue weighted by Gasteiger charge is 2.08. The number of aromatic nitrogens is 1. The zero-order chi connectivity index (χ0) is 10.8. The number of aromatic amines is 1. The molecule has 0 fully saturated rings. The minimum Gasteiger partial charge on any atom is -0.464 e. The fourth-order valence-electron chi connectivity index (χ4n) is 1.62. The maximum absolute atomic E-state index is 11.3.